The number of nitrogens with one attached hydrogen (secondary N) is 1. The number of nitrogens with zero attached hydrogens (tertiary/aromatic N) is 4. The van der Waals surface area contributed by atoms with Gasteiger partial charge in [-0.05, 0) is 73.8 Å². The molecule has 2 aromatic rings. The Morgan fingerprint density at radius 3 is 2.41 bits per heavy atom. The molecule has 4 saturated carbocycles. The lowest BCUT2D eigenvalue weighted by atomic mass is 9.54. The van der Waals surface area contributed by atoms with Gasteiger partial charge in [-0.25, -0.2) is 4.98 Å². The average molecular weight is 514 g/mol. The van der Waals surface area contributed by atoms with E-state index in [1.165, 1.54) is 43.0 Å². The lowest BCUT2D eigenvalue weighted by molar-refractivity contribution is -0.0355. The van der Waals surface area contributed by atoms with Crippen LogP contribution >= 0.6 is 19.2 Å². The van der Waals surface area contributed by atoms with Crippen LogP contribution in [-0.2, 0) is 9.30 Å². The Morgan fingerprint density at radius 1 is 1.09 bits per heavy atom. The third kappa shape index (κ3) is 4.05. The van der Waals surface area contributed by atoms with Crippen molar-refractivity contribution < 1.29 is 29.3 Å². The van der Waals surface area contributed by atoms with Crippen molar-refractivity contribution in [1.82, 2.24) is 19.5 Å². The van der Waals surface area contributed by atoms with Crippen molar-refractivity contribution in [2.45, 2.75) is 69.1 Å². The molecular formula is C21H29ClN5O6P. The minimum atomic E-state index is -4.26. The number of fused-ring (bicyclic) bond motifs is 1. The standard InChI is InChI=1S/C21H29ClN5O6P/c22-21-25-18(24-14-11-4-9-3-10(6-11)7-12(14)5-9)15-19(26-21)27(8-23-15)20-17(29)16(28)13(33-20)1-2-34(30,31)32/h8-14,16-17,20,28-29H,1-7H2,(H,24,25,26)(H2,30,31,32)/t9?,10?,11?,12?,13-,14?,16?,17?,20-/m1/s1. The Hall–Kier alpha value is -1.33. The number of halogens is 1. The van der Waals surface area contributed by atoms with Crippen LogP contribution < -0.4 is 5.32 Å². The molecule has 11 nitrogen and oxygen atoms in total. The van der Waals surface area contributed by atoms with Crippen LogP contribution in [0.25, 0.3) is 11.2 Å². The summed E-state index contributed by atoms with van der Waals surface area (Å²) in [5, 5.41) is 24.7. The summed E-state index contributed by atoms with van der Waals surface area (Å²) in [6.07, 6.45) is 2.68. The molecule has 1 aliphatic heterocycles. The second kappa shape index (κ2) is 8.37. The highest BCUT2D eigenvalue weighted by atomic mass is 35.5. The maximum atomic E-state index is 11.2. The molecule has 4 aliphatic carbocycles. The molecule has 5 N–H and O–H groups in total. The van der Waals surface area contributed by atoms with Gasteiger partial charge in [0.25, 0.3) is 0 Å². The summed E-state index contributed by atoms with van der Waals surface area (Å²) in [4.78, 5) is 31.5. The van der Waals surface area contributed by atoms with Crippen LogP contribution in [0.3, 0.4) is 0 Å². The second-order valence-corrected chi connectivity index (χ2v) is 12.6. The minimum Gasteiger partial charge on any atom is -0.388 e. The summed E-state index contributed by atoms with van der Waals surface area (Å²) in [5.74, 6) is 3.48. The second-order valence-electron chi connectivity index (χ2n) is 10.5. The summed E-state index contributed by atoms with van der Waals surface area (Å²) in [6, 6.07) is 0.319. The van der Waals surface area contributed by atoms with Crippen LogP contribution in [0, 0.1) is 23.7 Å². The van der Waals surface area contributed by atoms with Crippen molar-refractivity contribution in [3.8, 4) is 0 Å². The molecule has 186 valence electrons. The van der Waals surface area contributed by atoms with E-state index in [9.17, 15) is 14.8 Å². The maximum Gasteiger partial charge on any atom is 0.325 e. The van der Waals surface area contributed by atoms with Gasteiger partial charge in [0, 0.05) is 6.04 Å². The van der Waals surface area contributed by atoms with Gasteiger partial charge in [-0.1, -0.05) is 0 Å². The Labute approximate surface area is 201 Å². The van der Waals surface area contributed by atoms with Crippen molar-refractivity contribution in [2.75, 3.05) is 11.5 Å². The van der Waals surface area contributed by atoms with E-state index >= 15 is 0 Å². The number of rotatable bonds is 6. The number of ether oxygens (including phenoxy) is 1. The molecule has 3 heterocycles. The van der Waals surface area contributed by atoms with Crippen molar-refractivity contribution in [3.63, 3.8) is 0 Å². The zero-order valence-electron chi connectivity index (χ0n) is 18.4. The molecule has 2 unspecified atom stereocenters. The molecule has 7 rings (SSSR count). The van der Waals surface area contributed by atoms with Gasteiger partial charge in [-0.15, -0.1) is 0 Å². The van der Waals surface area contributed by atoms with Crippen LogP contribution in [-0.4, -0.2) is 70.0 Å². The normalized spacial score (nSPS) is 39.3. The van der Waals surface area contributed by atoms with E-state index in [0.29, 0.717) is 34.9 Å². The summed E-state index contributed by atoms with van der Waals surface area (Å²) in [7, 11) is -4.26. The van der Waals surface area contributed by atoms with Gasteiger partial charge in [0.15, 0.2) is 23.2 Å². The lowest BCUT2D eigenvalue weighted by Gasteiger charge is -2.54. The summed E-state index contributed by atoms with van der Waals surface area (Å²) in [6.45, 7) is 0. The van der Waals surface area contributed by atoms with Gasteiger partial charge < -0.3 is 30.1 Å². The topological polar surface area (TPSA) is 163 Å². The summed E-state index contributed by atoms with van der Waals surface area (Å²) in [5.41, 5.74) is 0.861. The van der Waals surface area contributed by atoms with E-state index in [1.54, 1.807) is 0 Å². The molecule has 1 saturated heterocycles. The molecule has 4 atom stereocenters. The Bertz CT molecular complexity index is 1110. The van der Waals surface area contributed by atoms with Crippen molar-refractivity contribution >= 4 is 36.2 Å². The van der Waals surface area contributed by atoms with Crippen LogP contribution in [0.15, 0.2) is 6.33 Å². The number of aliphatic hydroxyl groups is 2. The fourth-order valence-electron chi connectivity index (χ4n) is 6.99. The third-order valence-electron chi connectivity index (χ3n) is 8.24. The SMILES string of the molecule is O=P(O)(O)CC[C@H]1O[C@@H](n2cnc3c(NC4C5CC6CC(C5)CC4C6)nc(Cl)nc32)C(O)C1O. The number of hydrogen-bond donors (Lipinski definition) is 5. The van der Waals surface area contributed by atoms with Crippen molar-refractivity contribution in [2.24, 2.45) is 23.7 Å². The van der Waals surface area contributed by atoms with Crippen LogP contribution in [0.1, 0.15) is 44.8 Å². The van der Waals surface area contributed by atoms with Gasteiger partial charge in [0.1, 0.15) is 12.2 Å². The molecule has 5 aliphatic rings. The lowest BCUT2D eigenvalue weighted by Crippen LogP contribution is -2.51. The van der Waals surface area contributed by atoms with E-state index in [0.717, 1.165) is 11.8 Å². The summed E-state index contributed by atoms with van der Waals surface area (Å²) >= 11 is 6.28. The molecule has 5 fully saturated rings. The van der Waals surface area contributed by atoms with Crippen LogP contribution in [0.4, 0.5) is 5.82 Å². The molecule has 0 aromatic carbocycles. The molecule has 0 radical (unpaired) electrons. The van der Waals surface area contributed by atoms with E-state index in [1.807, 2.05) is 0 Å². The molecular weight excluding hydrogens is 485 g/mol. The number of anilines is 1. The number of hydrogen-bond acceptors (Lipinski definition) is 8. The molecule has 13 heteroatoms. The first-order valence-electron chi connectivity index (χ1n) is 11.9. The van der Waals surface area contributed by atoms with Gasteiger partial charge in [0.2, 0.25) is 5.28 Å². The van der Waals surface area contributed by atoms with E-state index < -0.39 is 38.3 Å². The number of aromatic nitrogens is 4. The highest BCUT2D eigenvalue weighted by Crippen LogP contribution is 2.54. The highest BCUT2D eigenvalue weighted by Gasteiger charge is 2.49. The molecule has 2 aromatic heterocycles. The average Bonchev–Trinajstić information content (AvgIpc) is 3.29. The zero-order valence-corrected chi connectivity index (χ0v) is 20.1. The highest BCUT2D eigenvalue weighted by molar-refractivity contribution is 7.51. The first kappa shape index (κ1) is 23.1. The number of imidazole rings is 1. The Kier molecular flexibility index (Phi) is 5.68. The van der Waals surface area contributed by atoms with E-state index in [2.05, 4.69) is 20.3 Å². The van der Waals surface area contributed by atoms with Crippen molar-refractivity contribution in [3.05, 3.63) is 11.6 Å². The fourth-order valence-corrected chi connectivity index (χ4v) is 7.74. The quantitative estimate of drug-likeness (QED) is 0.285. The predicted octanol–water partition coefficient (Wildman–Crippen LogP) is 1.90. The van der Waals surface area contributed by atoms with Crippen LogP contribution in [0.2, 0.25) is 5.28 Å². The van der Waals surface area contributed by atoms with Gasteiger partial charge in [0.05, 0.1) is 18.6 Å². The Balaban J connectivity index is 1.27. The van der Waals surface area contributed by atoms with Gasteiger partial charge in [-0.2, -0.15) is 9.97 Å². The van der Waals surface area contributed by atoms with E-state index in [4.69, 9.17) is 26.1 Å². The number of aliphatic hydroxyl groups excluding tert-OH is 2. The van der Waals surface area contributed by atoms with Gasteiger partial charge in [-0.3, -0.25) is 9.13 Å². The minimum absolute atomic E-state index is 0.0339. The zero-order chi connectivity index (χ0) is 23.8. The first-order valence-corrected chi connectivity index (χ1v) is 14.1. The maximum absolute atomic E-state index is 11.2. The molecule has 4 bridgehead atoms. The molecule has 0 spiro atoms. The smallest absolute Gasteiger partial charge is 0.325 e. The monoisotopic (exact) mass is 513 g/mol. The molecule has 0 amide bonds. The van der Waals surface area contributed by atoms with E-state index in [-0.39, 0.29) is 11.7 Å². The van der Waals surface area contributed by atoms with Gasteiger partial charge >= 0.3 is 7.60 Å². The first-order chi connectivity index (χ1) is 16.2. The summed E-state index contributed by atoms with van der Waals surface area (Å²) < 4.78 is 18.5. The predicted molar refractivity (Wildman–Crippen MR) is 122 cm³/mol. The molecule has 34 heavy (non-hydrogen) atoms. The largest absolute Gasteiger partial charge is 0.388 e. The third-order valence-corrected chi connectivity index (χ3v) is 9.25. The Morgan fingerprint density at radius 2 is 1.76 bits per heavy atom. The fraction of sp³-hybridized carbons (Fsp3) is 0.762. The van der Waals surface area contributed by atoms with Crippen molar-refractivity contribution in [1.29, 1.82) is 0 Å². The van der Waals surface area contributed by atoms with Crippen LogP contribution in [0.5, 0.6) is 0 Å².